The quantitative estimate of drug-likeness (QED) is 0.594. The maximum Gasteiger partial charge on any atom is -0.0244 e. The van der Waals surface area contributed by atoms with Gasteiger partial charge in [-0.1, -0.05) is 49.8 Å². The first-order valence-electron chi connectivity index (χ1n) is 6.05. The van der Waals surface area contributed by atoms with E-state index in [1.165, 1.54) is 36.8 Å². The lowest BCUT2D eigenvalue weighted by Gasteiger charge is -2.02. The molecule has 0 fully saturated rings. The van der Waals surface area contributed by atoms with Crippen LogP contribution in [0, 0.1) is 0 Å². The Balaban J connectivity index is 2.41. The van der Waals surface area contributed by atoms with Crippen molar-refractivity contribution in [3.63, 3.8) is 0 Å². The molecular formula is C15H22. The topological polar surface area (TPSA) is 0 Å². The number of benzene rings is 1. The Kier molecular flexibility index (Phi) is 5.84. The van der Waals surface area contributed by atoms with Gasteiger partial charge in [-0.25, -0.2) is 0 Å². The molecule has 1 aromatic carbocycles. The predicted octanol–water partition coefficient (Wildman–Crippen LogP) is 4.54. The van der Waals surface area contributed by atoms with Crippen molar-refractivity contribution < 1.29 is 0 Å². The Morgan fingerprint density at radius 2 is 1.60 bits per heavy atom. The second kappa shape index (κ2) is 7.28. The minimum atomic E-state index is 1.16. The van der Waals surface area contributed by atoms with Gasteiger partial charge in [0.1, 0.15) is 0 Å². The van der Waals surface area contributed by atoms with Crippen LogP contribution in [0.4, 0.5) is 0 Å². The largest absolute Gasteiger partial charge is 0.0917 e. The molecule has 0 heteroatoms. The zero-order valence-corrected chi connectivity index (χ0v) is 10.00. The van der Waals surface area contributed by atoms with Gasteiger partial charge in [0.15, 0.2) is 0 Å². The number of unbranched alkanes of at least 4 members (excludes halogenated alkanes) is 1. The lowest BCUT2D eigenvalue weighted by atomic mass is 10.0. The number of aryl methyl sites for hydroxylation is 2. The molecule has 0 heterocycles. The summed E-state index contributed by atoms with van der Waals surface area (Å²) in [5.41, 5.74) is 2.93. The molecule has 82 valence electrons. The van der Waals surface area contributed by atoms with Crippen LogP contribution in [0.15, 0.2) is 36.4 Å². The smallest absolute Gasteiger partial charge is 0.0244 e. The van der Waals surface area contributed by atoms with E-state index in [2.05, 4.69) is 50.3 Å². The zero-order chi connectivity index (χ0) is 10.9. The Labute approximate surface area is 94.0 Å². The second-order valence-corrected chi connectivity index (χ2v) is 4.03. The van der Waals surface area contributed by atoms with Gasteiger partial charge in [-0.05, 0) is 43.7 Å². The van der Waals surface area contributed by atoms with Gasteiger partial charge in [0.05, 0.1) is 0 Å². The highest BCUT2D eigenvalue weighted by Crippen LogP contribution is 2.09. The molecule has 0 radical (unpaired) electrons. The minimum absolute atomic E-state index is 1.16. The minimum Gasteiger partial charge on any atom is -0.0917 e. The summed E-state index contributed by atoms with van der Waals surface area (Å²) >= 11 is 0. The Hall–Kier alpha value is -1.04. The van der Waals surface area contributed by atoms with Crippen molar-refractivity contribution in [2.45, 2.75) is 46.0 Å². The third-order valence-corrected chi connectivity index (χ3v) is 2.68. The number of hydrogen-bond acceptors (Lipinski definition) is 0. The molecule has 1 rings (SSSR count). The van der Waals surface area contributed by atoms with Crippen LogP contribution in [-0.4, -0.2) is 0 Å². The molecule has 0 saturated carbocycles. The maximum absolute atomic E-state index is 2.28. The second-order valence-electron chi connectivity index (χ2n) is 4.03. The van der Waals surface area contributed by atoms with E-state index in [0.717, 1.165) is 6.42 Å². The van der Waals surface area contributed by atoms with E-state index < -0.39 is 0 Å². The van der Waals surface area contributed by atoms with Gasteiger partial charge in [-0.3, -0.25) is 0 Å². The Bertz CT molecular complexity index is 279. The molecule has 0 aliphatic heterocycles. The van der Waals surface area contributed by atoms with Gasteiger partial charge < -0.3 is 0 Å². The zero-order valence-electron chi connectivity index (χ0n) is 10.00. The number of hydrogen-bond donors (Lipinski definition) is 0. The summed E-state index contributed by atoms with van der Waals surface area (Å²) in [4.78, 5) is 0. The highest BCUT2D eigenvalue weighted by molar-refractivity contribution is 5.23. The fourth-order valence-electron chi connectivity index (χ4n) is 1.67. The van der Waals surface area contributed by atoms with Crippen LogP contribution in [0.3, 0.4) is 0 Å². The average molecular weight is 202 g/mol. The Morgan fingerprint density at radius 3 is 2.13 bits per heavy atom. The van der Waals surface area contributed by atoms with Crippen molar-refractivity contribution in [1.82, 2.24) is 0 Å². The van der Waals surface area contributed by atoms with Gasteiger partial charge in [0.2, 0.25) is 0 Å². The van der Waals surface area contributed by atoms with Crippen molar-refractivity contribution in [2.75, 3.05) is 0 Å². The Morgan fingerprint density at radius 1 is 1.00 bits per heavy atom. The highest BCUT2D eigenvalue weighted by Gasteiger charge is 1.94. The van der Waals surface area contributed by atoms with Gasteiger partial charge in [-0.2, -0.15) is 0 Å². The lowest BCUT2D eigenvalue weighted by Crippen LogP contribution is -1.87. The first kappa shape index (κ1) is 12.0. The van der Waals surface area contributed by atoms with E-state index >= 15 is 0 Å². The normalized spacial score (nSPS) is 11.1. The predicted molar refractivity (Wildman–Crippen MR) is 68.2 cm³/mol. The summed E-state index contributed by atoms with van der Waals surface area (Å²) in [5.74, 6) is 0. The summed E-state index contributed by atoms with van der Waals surface area (Å²) in [6.45, 7) is 4.32. The summed E-state index contributed by atoms with van der Waals surface area (Å²) < 4.78 is 0. The molecule has 0 N–H and O–H groups in total. The van der Waals surface area contributed by atoms with Crippen LogP contribution < -0.4 is 0 Å². The molecule has 0 saturated heterocycles. The van der Waals surface area contributed by atoms with E-state index in [4.69, 9.17) is 0 Å². The van der Waals surface area contributed by atoms with E-state index in [1.54, 1.807) is 0 Å². The summed E-state index contributed by atoms with van der Waals surface area (Å²) in [6.07, 6.45) is 10.5. The molecular weight excluding hydrogens is 180 g/mol. The number of allylic oxidation sites excluding steroid dienone is 2. The SMILES string of the molecule is C/C=C\CCc1ccc(CCCC)cc1. The fraction of sp³-hybridized carbons (Fsp3) is 0.467. The van der Waals surface area contributed by atoms with Crippen LogP contribution in [0.1, 0.15) is 44.2 Å². The molecule has 1 aromatic rings. The summed E-state index contributed by atoms with van der Waals surface area (Å²) in [5, 5.41) is 0. The lowest BCUT2D eigenvalue weighted by molar-refractivity contribution is 0.794. The summed E-state index contributed by atoms with van der Waals surface area (Å²) in [6, 6.07) is 9.10. The maximum atomic E-state index is 2.28. The average Bonchev–Trinajstić information content (AvgIpc) is 2.28. The molecule has 0 amide bonds. The molecule has 0 aliphatic carbocycles. The van der Waals surface area contributed by atoms with Crippen molar-refractivity contribution in [3.8, 4) is 0 Å². The van der Waals surface area contributed by atoms with Crippen molar-refractivity contribution in [3.05, 3.63) is 47.5 Å². The van der Waals surface area contributed by atoms with Crippen LogP contribution in [0.5, 0.6) is 0 Å². The number of rotatable bonds is 6. The van der Waals surface area contributed by atoms with Crippen LogP contribution in [0.2, 0.25) is 0 Å². The van der Waals surface area contributed by atoms with Gasteiger partial charge >= 0.3 is 0 Å². The molecule has 0 nitrogen and oxygen atoms in total. The van der Waals surface area contributed by atoms with Crippen LogP contribution in [-0.2, 0) is 12.8 Å². The van der Waals surface area contributed by atoms with Gasteiger partial charge in [0, 0.05) is 0 Å². The molecule has 0 spiro atoms. The van der Waals surface area contributed by atoms with E-state index in [-0.39, 0.29) is 0 Å². The van der Waals surface area contributed by atoms with Gasteiger partial charge in [0.25, 0.3) is 0 Å². The van der Waals surface area contributed by atoms with Crippen molar-refractivity contribution in [1.29, 1.82) is 0 Å². The van der Waals surface area contributed by atoms with Crippen LogP contribution >= 0.6 is 0 Å². The van der Waals surface area contributed by atoms with E-state index in [9.17, 15) is 0 Å². The first-order chi connectivity index (χ1) is 7.36. The van der Waals surface area contributed by atoms with Gasteiger partial charge in [-0.15, -0.1) is 0 Å². The molecule has 0 aromatic heterocycles. The monoisotopic (exact) mass is 202 g/mol. The molecule has 0 unspecified atom stereocenters. The van der Waals surface area contributed by atoms with Crippen molar-refractivity contribution in [2.24, 2.45) is 0 Å². The highest BCUT2D eigenvalue weighted by atomic mass is 14.0. The van der Waals surface area contributed by atoms with E-state index in [0.29, 0.717) is 0 Å². The van der Waals surface area contributed by atoms with Crippen LogP contribution in [0.25, 0.3) is 0 Å². The third-order valence-electron chi connectivity index (χ3n) is 2.68. The van der Waals surface area contributed by atoms with Crippen molar-refractivity contribution >= 4 is 0 Å². The molecule has 0 bridgehead atoms. The fourth-order valence-corrected chi connectivity index (χ4v) is 1.67. The first-order valence-corrected chi connectivity index (χ1v) is 6.05. The standard InChI is InChI=1S/C15H22/c1-3-5-7-9-15-12-10-14(11-13-15)8-6-4-2/h3,5,10-13H,4,6-9H2,1-2H3/b5-3-. The third kappa shape index (κ3) is 4.83. The van der Waals surface area contributed by atoms with E-state index in [1.807, 2.05) is 0 Å². The molecule has 0 aliphatic rings. The summed E-state index contributed by atoms with van der Waals surface area (Å²) in [7, 11) is 0. The molecule has 15 heavy (non-hydrogen) atoms. The molecule has 0 atom stereocenters.